The summed E-state index contributed by atoms with van der Waals surface area (Å²) < 4.78 is 5.89. The Morgan fingerprint density at radius 2 is 1.75 bits per heavy atom. The van der Waals surface area contributed by atoms with E-state index >= 15 is 0 Å². The second kappa shape index (κ2) is 6.34. The van der Waals surface area contributed by atoms with Crippen LogP contribution in [0.5, 0.6) is 0 Å². The van der Waals surface area contributed by atoms with Gasteiger partial charge in [0.15, 0.2) is 0 Å². The van der Waals surface area contributed by atoms with E-state index in [9.17, 15) is 0 Å². The number of pyridine rings is 1. The van der Waals surface area contributed by atoms with Crippen molar-refractivity contribution < 1.29 is 4.42 Å². The van der Waals surface area contributed by atoms with Crippen LogP contribution in [0.2, 0.25) is 5.02 Å². The van der Waals surface area contributed by atoms with Gasteiger partial charge in [-0.3, -0.25) is 4.98 Å². The molecule has 0 atom stereocenters. The van der Waals surface area contributed by atoms with Gasteiger partial charge in [-0.25, -0.2) is 0 Å². The standard InChI is InChI=1S/C21H14ClNO/c22-18-9-11-20-17(13-18)14-21(24-20)16-7-4-15(5-8-16)6-10-19-3-1-2-12-23-19/h1-14H/b10-6+. The van der Waals surface area contributed by atoms with E-state index in [4.69, 9.17) is 16.0 Å². The van der Waals surface area contributed by atoms with Crippen LogP contribution in [0.4, 0.5) is 0 Å². The van der Waals surface area contributed by atoms with E-state index in [2.05, 4.69) is 29.2 Å². The van der Waals surface area contributed by atoms with Gasteiger partial charge in [0.2, 0.25) is 0 Å². The third-order valence-corrected chi connectivity index (χ3v) is 4.04. The average molecular weight is 332 g/mol. The molecule has 0 saturated heterocycles. The van der Waals surface area contributed by atoms with Crippen molar-refractivity contribution in [3.8, 4) is 11.3 Å². The number of nitrogens with zero attached hydrogens (tertiary/aromatic N) is 1. The zero-order chi connectivity index (χ0) is 16.4. The summed E-state index contributed by atoms with van der Waals surface area (Å²) >= 11 is 6.03. The average Bonchev–Trinajstić information content (AvgIpc) is 3.04. The minimum Gasteiger partial charge on any atom is -0.456 e. The number of fused-ring (bicyclic) bond motifs is 1. The fraction of sp³-hybridized carbons (Fsp3) is 0. The summed E-state index contributed by atoms with van der Waals surface area (Å²) in [6, 6.07) is 21.8. The van der Waals surface area contributed by atoms with Crippen LogP contribution in [-0.4, -0.2) is 4.98 Å². The van der Waals surface area contributed by atoms with E-state index in [0.29, 0.717) is 5.02 Å². The third kappa shape index (κ3) is 3.10. The Kier molecular flexibility index (Phi) is 3.89. The molecule has 4 rings (SSSR count). The lowest BCUT2D eigenvalue weighted by molar-refractivity contribution is 0.631. The topological polar surface area (TPSA) is 26.0 Å². The molecule has 116 valence electrons. The molecule has 24 heavy (non-hydrogen) atoms. The van der Waals surface area contributed by atoms with Crippen molar-refractivity contribution in [2.45, 2.75) is 0 Å². The zero-order valence-corrected chi connectivity index (χ0v) is 13.6. The van der Waals surface area contributed by atoms with Gasteiger partial charge < -0.3 is 4.42 Å². The van der Waals surface area contributed by atoms with Gasteiger partial charge in [-0.1, -0.05) is 48.0 Å². The SMILES string of the molecule is Clc1ccc2oc(-c3ccc(/C=C/c4ccccn4)cc3)cc2c1. The minimum atomic E-state index is 0.713. The van der Waals surface area contributed by atoms with Crippen molar-refractivity contribution >= 4 is 34.7 Å². The number of halogens is 1. The molecule has 2 heterocycles. The summed E-state index contributed by atoms with van der Waals surface area (Å²) in [6.45, 7) is 0. The molecule has 3 heteroatoms. The van der Waals surface area contributed by atoms with Crippen LogP contribution >= 0.6 is 11.6 Å². The zero-order valence-electron chi connectivity index (χ0n) is 12.8. The van der Waals surface area contributed by atoms with E-state index in [1.807, 2.05) is 54.6 Å². The van der Waals surface area contributed by atoms with Crippen LogP contribution in [0, 0.1) is 0 Å². The lowest BCUT2D eigenvalue weighted by atomic mass is 10.1. The van der Waals surface area contributed by atoms with Crippen molar-refractivity contribution in [3.05, 3.63) is 89.2 Å². The molecule has 2 aromatic carbocycles. The quantitative estimate of drug-likeness (QED) is 0.439. The molecule has 0 spiro atoms. The molecule has 0 fully saturated rings. The largest absolute Gasteiger partial charge is 0.456 e. The van der Waals surface area contributed by atoms with Gasteiger partial charge in [-0.05, 0) is 48.0 Å². The van der Waals surface area contributed by atoms with Crippen molar-refractivity contribution in [1.29, 1.82) is 0 Å². The third-order valence-electron chi connectivity index (χ3n) is 3.81. The van der Waals surface area contributed by atoms with E-state index in [0.717, 1.165) is 33.6 Å². The Morgan fingerprint density at radius 1 is 0.875 bits per heavy atom. The molecule has 0 saturated carbocycles. The van der Waals surface area contributed by atoms with Crippen LogP contribution in [0.25, 0.3) is 34.4 Å². The molecular weight excluding hydrogens is 318 g/mol. The number of benzene rings is 2. The number of hydrogen-bond acceptors (Lipinski definition) is 2. The maximum Gasteiger partial charge on any atom is 0.135 e. The molecule has 2 aromatic heterocycles. The smallest absolute Gasteiger partial charge is 0.135 e. The van der Waals surface area contributed by atoms with Crippen LogP contribution < -0.4 is 0 Å². The summed E-state index contributed by atoms with van der Waals surface area (Å²) in [4.78, 5) is 4.28. The second-order valence-electron chi connectivity index (χ2n) is 5.50. The van der Waals surface area contributed by atoms with Gasteiger partial charge in [0.05, 0.1) is 5.69 Å². The maximum absolute atomic E-state index is 6.03. The predicted molar refractivity (Wildman–Crippen MR) is 99.8 cm³/mol. The molecule has 0 unspecified atom stereocenters. The molecule has 0 amide bonds. The molecule has 0 aliphatic carbocycles. The van der Waals surface area contributed by atoms with Gasteiger partial charge in [0.1, 0.15) is 11.3 Å². The van der Waals surface area contributed by atoms with Crippen LogP contribution in [0.3, 0.4) is 0 Å². The van der Waals surface area contributed by atoms with Gasteiger partial charge >= 0.3 is 0 Å². The molecule has 2 nitrogen and oxygen atoms in total. The van der Waals surface area contributed by atoms with Gasteiger partial charge in [-0.15, -0.1) is 0 Å². The first-order valence-electron chi connectivity index (χ1n) is 7.67. The molecule has 0 aliphatic heterocycles. The Bertz CT molecular complexity index is 1000. The first-order chi connectivity index (χ1) is 11.8. The van der Waals surface area contributed by atoms with Crippen molar-refractivity contribution in [2.24, 2.45) is 0 Å². The normalized spacial score (nSPS) is 11.4. The lowest BCUT2D eigenvalue weighted by Gasteiger charge is -1.98. The predicted octanol–water partition coefficient (Wildman–Crippen LogP) is 6.32. The minimum absolute atomic E-state index is 0.713. The summed E-state index contributed by atoms with van der Waals surface area (Å²) in [5.41, 5.74) is 3.94. The lowest BCUT2D eigenvalue weighted by Crippen LogP contribution is -1.78. The molecule has 4 aromatic rings. The summed E-state index contributed by atoms with van der Waals surface area (Å²) in [7, 11) is 0. The molecule has 0 bridgehead atoms. The van der Waals surface area contributed by atoms with E-state index in [1.54, 1.807) is 6.20 Å². The summed E-state index contributed by atoms with van der Waals surface area (Å²) in [6.07, 6.45) is 5.83. The Morgan fingerprint density at radius 3 is 2.54 bits per heavy atom. The summed E-state index contributed by atoms with van der Waals surface area (Å²) in [5.74, 6) is 0.840. The Balaban J connectivity index is 1.59. The number of hydrogen-bond donors (Lipinski definition) is 0. The van der Waals surface area contributed by atoms with Gasteiger partial charge in [0.25, 0.3) is 0 Å². The highest BCUT2D eigenvalue weighted by atomic mass is 35.5. The van der Waals surface area contributed by atoms with Gasteiger partial charge in [-0.2, -0.15) is 0 Å². The van der Waals surface area contributed by atoms with Crippen LogP contribution in [-0.2, 0) is 0 Å². The molecule has 0 radical (unpaired) electrons. The number of furan rings is 1. The first-order valence-corrected chi connectivity index (χ1v) is 8.04. The van der Waals surface area contributed by atoms with Crippen molar-refractivity contribution in [2.75, 3.05) is 0 Å². The molecule has 0 aliphatic rings. The Labute approximate surface area is 145 Å². The van der Waals surface area contributed by atoms with E-state index in [-0.39, 0.29) is 0 Å². The highest BCUT2D eigenvalue weighted by Crippen LogP contribution is 2.29. The maximum atomic E-state index is 6.03. The number of aromatic nitrogens is 1. The highest BCUT2D eigenvalue weighted by molar-refractivity contribution is 6.31. The highest BCUT2D eigenvalue weighted by Gasteiger charge is 2.06. The Hall–Kier alpha value is -2.84. The summed E-state index contributed by atoms with van der Waals surface area (Å²) in [5, 5.41) is 1.72. The van der Waals surface area contributed by atoms with Crippen molar-refractivity contribution in [3.63, 3.8) is 0 Å². The van der Waals surface area contributed by atoms with Gasteiger partial charge in [0, 0.05) is 22.2 Å². The van der Waals surface area contributed by atoms with E-state index in [1.165, 1.54) is 0 Å². The fourth-order valence-electron chi connectivity index (χ4n) is 2.57. The molecule has 0 N–H and O–H groups in total. The van der Waals surface area contributed by atoms with Crippen molar-refractivity contribution in [1.82, 2.24) is 4.98 Å². The first kappa shape index (κ1) is 14.7. The van der Waals surface area contributed by atoms with E-state index < -0.39 is 0 Å². The van der Waals surface area contributed by atoms with Crippen LogP contribution in [0.15, 0.2) is 77.3 Å². The monoisotopic (exact) mass is 331 g/mol. The van der Waals surface area contributed by atoms with Crippen LogP contribution in [0.1, 0.15) is 11.3 Å². The fourth-order valence-corrected chi connectivity index (χ4v) is 2.75. The number of rotatable bonds is 3. The second-order valence-corrected chi connectivity index (χ2v) is 5.94. The molecular formula is C21H14ClNO.